The second kappa shape index (κ2) is 5.80. The second-order valence-electron chi connectivity index (χ2n) is 4.33. The van der Waals surface area contributed by atoms with Crippen LogP contribution in [0.5, 0.6) is 0 Å². The largest absolute Gasteiger partial charge is 0.479 e. The van der Waals surface area contributed by atoms with Crippen LogP contribution in [0.4, 0.5) is 0 Å². The molecule has 2 unspecified atom stereocenters. The normalized spacial score (nSPS) is 16.2. The van der Waals surface area contributed by atoms with Crippen molar-refractivity contribution in [3.05, 3.63) is 35.9 Å². The quantitative estimate of drug-likeness (QED) is 0.702. The summed E-state index contributed by atoms with van der Waals surface area (Å²) in [6.07, 6.45) is 0.833. The number of aliphatic hydroxyl groups is 1. The van der Waals surface area contributed by atoms with Gasteiger partial charge in [-0.1, -0.05) is 37.3 Å². The van der Waals surface area contributed by atoms with E-state index in [2.05, 4.69) is 5.32 Å². The van der Waals surface area contributed by atoms with Crippen LogP contribution in [0.25, 0.3) is 0 Å². The van der Waals surface area contributed by atoms with Crippen molar-refractivity contribution in [3.63, 3.8) is 0 Å². The molecule has 0 amide bonds. The minimum atomic E-state index is -1.73. The van der Waals surface area contributed by atoms with E-state index in [4.69, 9.17) is 5.11 Å². The molecule has 2 atom stereocenters. The summed E-state index contributed by atoms with van der Waals surface area (Å²) in [6.45, 7) is 3.33. The second-order valence-corrected chi connectivity index (χ2v) is 4.33. The van der Waals surface area contributed by atoms with E-state index < -0.39 is 11.6 Å². The molecule has 0 aromatic heterocycles. The molecule has 4 heteroatoms. The molecule has 0 saturated carbocycles. The van der Waals surface area contributed by atoms with Gasteiger partial charge >= 0.3 is 5.97 Å². The molecule has 0 spiro atoms. The molecule has 17 heavy (non-hydrogen) atoms. The van der Waals surface area contributed by atoms with Crippen molar-refractivity contribution in [2.24, 2.45) is 0 Å². The van der Waals surface area contributed by atoms with Crippen molar-refractivity contribution in [1.82, 2.24) is 5.32 Å². The Kier molecular flexibility index (Phi) is 4.66. The summed E-state index contributed by atoms with van der Waals surface area (Å²) in [6, 6.07) is 9.84. The maximum absolute atomic E-state index is 10.8. The zero-order valence-corrected chi connectivity index (χ0v) is 10.2. The Morgan fingerprint density at radius 3 is 2.47 bits per heavy atom. The number of aliphatic carboxylic acids is 1. The molecule has 0 aliphatic carbocycles. The fourth-order valence-electron chi connectivity index (χ4n) is 1.58. The Morgan fingerprint density at radius 1 is 1.41 bits per heavy atom. The first-order valence-corrected chi connectivity index (χ1v) is 5.71. The first kappa shape index (κ1) is 13.7. The van der Waals surface area contributed by atoms with Crippen LogP contribution in [0.2, 0.25) is 0 Å². The molecular weight excluding hydrogens is 218 g/mol. The fraction of sp³-hybridized carbons (Fsp3) is 0.462. The van der Waals surface area contributed by atoms with Gasteiger partial charge in [0, 0.05) is 12.6 Å². The van der Waals surface area contributed by atoms with Crippen LogP contribution in [0.1, 0.15) is 31.9 Å². The highest BCUT2D eigenvalue weighted by molar-refractivity contribution is 5.76. The first-order chi connectivity index (χ1) is 7.97. The molecule has 1 rings (SSSR count). The highest BCUT2D eigenvalue weighted by Crippen LogP contribution is 2.16. The zero-order valence-electron chi connectivity index (χ0n) is 10.2. The number of hydrogen-bond donors (Lipinski definition) is 3. The molecule has 0 aliphatic rings. The SMILES string of the molecule is CCC(NCC(C)(O)C(=O)O)c1ccccc1. The number of benzene rings is 1. The average Bonchev–Trinajstić information content (AvgIpc) is 2.31. The monoisotopic (exact) mass is 237 g/mol. The summed E-state index contributed by atoms with van der Waals surface area (Å²) in [5.41, 5.74) is -0.640. The fourth-order valence-corrected chi connectivity index (χ4v) is 1.58. The Balaban J connectivity index is 2.63. The van der Waals surface area contributed by atoms with Crippen molar-refractivity contribution in [3.8, 4) is 0 Å². The molecule has 0 aliphatic heterocycles. The average molecular weight is 237 g/mol. The van der Waals surface area contributed by atoms with Crippen LogP contribution < -0.4 is 5.32 Å². The van der Waals surface area contributed by atoms with Gasteiger partial charge in [0.25, 0.3) is 0 Å². The lowest BCUT2D eigenvalue weighted by Gasteiger charge is -2.23. The van der Waals surface area contributed by atoms with E-state index in [0.29, 0.717) is 0 Å². The number of carbonyl (C=O) groups is 1. The van der Waals surface area contributed by atoms with Gasteiger partial charge in [0.2, 0.25) is 0 Å². The van der Waals surface area contributed by atoms with Gasteiger partial charge in [-0.05, 0) is 18.9 Å². The third-order valence-electron chi connectivity index (χ3n) is 2.76. The molecule has 0 radical (unpaired) electrons. The summed E-state index contributed by atoms with van der Waals surface area (Å²) < 4.78 is 0. The minimum absolute atomic E-state index is 0.0235. The third kappa shape index (κ3) is 3.84. The van der Waals surface area contributed by atoms with Crippen LogP contribution in [0.15, 0.2) is 30.3 Å². The van der Waals surface area contributed by atoms with Gasteiger partial charge in [-0.25, -0.2) is 4.79 Å². The standard InChI is InChI=1S/C13H19NO3/c1-3-11(10-7-5-4-6-8-10)14-9-13(2,17)12(15)16/h4-8,11,14,17H,3,9H2,1-2H3,(H,15,16). The van der Waals surface area contributed by atoms with E-state index in [-0.39, 0.29) is 12.6 Å². The predicted molar refractivity (Wildman–Crippen MR) is 65.7 cm³/mol. The van der Waals surface area contributed by atoms with E-state index in [0.717, 1.165) is 12.0 Å². The maximum Gasteiger partial charge on any atom is 0.336 e. The van der Waals surface area contributed by atoms with Gasteiger partial charge in [-0.3, -0.25) is 0 Å². The van der Waals surface area contributed by atoms with Crippen LogP contribution in [-0.4, -0.2) is 28.3 Å². The van der Waals surface area contributed by atoms with E-state index in [1.807, 2.05) is 37.3 Å². The molecular formula is C13H19NO3. The molecule has 1 aromatic rings. The van der Waals surface area contributed by atoms with Gasteiger partial charge in [0.15, 0.2) is 5.60 Å². The molecule has 0 bridgehead atoms. The van der Waals surface area contributed by atoms with E-state index in [1.165, 1.54) is 6.92 Å². The van der Waals surface area contributed by atoms with E-state index >= 15 is 0 Å². The van der Waals surface area contributed by atoms with Gasteiger partial charge in [0.05, 0.1) is 0 Å². The lowest BCUT2D eigenvalue weighted by Crippen LogP contribution is -2.45. The van der Waals surface area contributed by atoms with E-state index in [9.17, 15) is 9.90 Å². The molecule has 0 heterocycles. The van der Waals surface area contributed by atoms with Crippen LogP contribution in [-0.2, 0) is 4.79 Å². The number of carboxylic acid groups (broad SMARTS) is 1. The van der Waals surface area contributed by atoms with Crippen LogP contribution in [0, 0.1) is 0 Å². The van der Waals surface area contributed by atoms with Crippen molar-refractivity contribution >= 4 is 5.97 Å². The summed E-state index contributed by atoms with van der Waals surface area (Å²) >= 11 is 0. The number of carboxylic acids is 1. The van der Waals surface area contributed by atoms with E-state index in [1.54, 1.807) is 0 Å². The molecule has 4 nitrogen and oxygen atoms in total. The lowest BCUT2D eigenvalue weighted by atomic mass is 10.0. The summed E-state index contributed by atoms with van der Waals surface area (Å²) in [4.78, 5) is 10.8. The Morgan fingerprint density at radius 2 is 2.00 bits per heavy atom. The van der Waals surface area contributed by atoms with Gasteiger partial charge < -0.3 is 15.5 Å². The Labute approximate surface area is 101 Å². The van der Waals surface area contributed by atoms with Gasteiger partial charge in [0.1, 0.15) is 0 Å². The first-order valence-electron chi connectivity index (χ1n) is 5.71. The van der Waals surface area contributed by atoms with Crippen LogP contribution >= 0.6 is 0 Å². The summed E-state index contributed by atoms with van der Waals surface area (Å²) in [5.74, 6) is -1.21. The summed E-state index contributed by atoms with van der Waals surface area (Å²) in [7, 11) is 0. The zero-order chi connectivity index (χ0) is 12.9. The van der Waals surface area contributed by atoms with Gasteiger partial charge in [-0.15, -0.1) is 0 Å². The molecule has 94 valence electrons. The smallest absolute Gasteiger partial charge is 0.336 e. The van der Waals surface area contributed by atoms with Gasteiger partial charge in [-0.2, -0.15) is 0 Å². The van der Waals surface area contributed by atoms with Crippen molar-refractivity contribution in [2.75, 3.05) is 6.54 Å². The molecule has 0 fully saturated rings. The number of hydrogen-bond acceptors (Lipinski definition) is 3. The molecule has 3 N–H and O–H groups in total. The minimum Gasteiger partial charge on any atom is -0.479 e. The van der Waals surface area contributed by atoms with Crippen molar-refractivity contribution in [1.29, 1.82) is 0 Å². The highest BCUT2D eigenvalue weighted by atomic mass is 16.4. The highest BCUT2D eigenvalue weighted by Gasteiger charge is 2.30. The van der Waals surface area contributed by atoms with Crippen molar-refractivity contribution < 1.29 is 15.0 Å². The lowest BCUT2D eigenvalue weighted by molar-refractivity contribution is -0.156. The predicted octanol–water partition coefficient (Wildman–Crippen LogP) is 1.56. The molecule has 0 saturated heterocycles. The topological polar surface area (TPSA) is 69.6 Å². The maximum atomic E-state index is 10.8. The Bertz CT molecular complexity index is 362. The van der Waals surface area contributed by atoms with Crippen molar-refractivity contribution in [2.45, 2.75) is 31.9 Å². The molecule has 1 aromatic carbocycles. The number of rotatable bonds is 6. The van der Waals surface area contributed by atoms with Crippen LogP contribution in [0.3, 0.4) is 0 Å². The number of nitrogens with one attached hydrogen (secondary N) is 1. The summed E-state index contributed by atoms with van der Waals surface area (Å²) in [5, 5.41) is 21.5. The Hall–Kier alpha value is -1.39. The third-order valence-corrected chi connectivity index (χ3v) is 2.76.